The fourth-order valence-electron chi connectivity index (χ4n) is 2.73. The lowest BCUT2D eigenvalue weighted by molar-refractivity contribution is 0.445. The summed E-state index contributed by atoms with van der Waals surface area (Å²) in [6, 6.07) is 10.3. The van der Waals surface area contributed by atoms with E-state index in [1.807, 2.05) is 6.07 Å². The van der Waals surface area contributed by atoms with Gasteiger partial charge in [0.1, 0.15) is 5.03 Å². The highest BCUT2D eigenvalue weighted by Crippen LogP contribution is 2.33. The molecule has 2 nitrogen and oxygen atoms in total. The predicted molar refractivity (Wildman–Crippen MR) is 83.3 cm³/mol. The topological polar surface area (TPSA) is 33.1 Å². The van der Waals surface area contributed by atoms with Crippen molar-refractivity contribution in [2.24, 2.45) is 0 Å². The normalized spacial score (nSPS) is 14.1. The average Bonchev–Trinajstić information content (AvgIpc) is 2.46. The Bertz CT molecular complexity index is 624. The molecule has 0 fully saturated rings. The molecular formula is C17H19NOS. The minimum atomic E-state index is 0.165. The van der Waals surface area contributed by atoms with Crippen molar-refractivity contribution < 1.29 is 5.11 Å². The van der Waals surface area contributed by atoms with E-state index in [4.69, 9.17) is 0 Å². The maximum Gasteiger partial charge on any atom is 0.212 e. The molecule has 0 amide bonds. The highest BCUT2D eigenvalue weighted by molar-refractivity contribution is 7.98. The first kappa shape index (κ1) is 13.5. The molecule has 2 aromatic rings. The fourth-order valence-corrected chi connectivity index (χ4v) is 3.91. The molecule has 1 heterocycles. The van der Waals surface area contributed by atoms with Gasteiger partial charge < -0.3 is 5.11 Å². The summed E-state index contributed by atoms with van der Waals surface area (Å²) in [7, 11) is 0. The molecule has 1 N–H and O–H groups in total. The van der Waals surface area contributed by atoms with E-state index >= 15 is 0 Å². The van der Waals surface area contributed by atoms with Crippen LogP contribution in [0.4, 0.5) is 0 Å². The standard InChI is InChI=1S/C17H19NOS/c1-12-6-2-3-8-14(12)11-20-17-15-9-5-4-7-13(15)10-16(19)18-17/h2-3,6,8,10H,4-5,7,9,11H2,1H3,(H,18,19). The molecule has 1 aromatic heterocycles. The second-order valence-electron chi connectivity index (χ2n) is 5.35. The molecule has 0 atom stereocenters. The Balaban J connectivity index is 1.84. The van der Waals surface area contributed by atoms with E-state index in [1.54, 1.807) is 11.8 Å². The molecule has 0 radical (unpaired) electrons. The number of nitrogens with zero attached hydrogens (tertiary/aromatic N) is 1. The van der Waals surface area contributed by atoms with Crippen LogP contribution in [0.5, 0.6) is 5.88 Å². The third-order valence-electron chi connectivity index (χ3n) is 3.91. The largest absolute Gasteiger partial charge is 0.493 e. The minimum Gasteiger partial charge on any atom is -0.493 e. The van der Waals surface area contributed by atoms with Crippen molar-refractivity contribution in [1.29, 1.82) is 0 Å². The Kier molecular flexibility index (Phi) is 3.97. The molecule has 1 aliphatic rings. The Morgan fingerprint density at radius 3 is 2.85 bits per heavy atom. The summed E-state index contributed by atoms with van der Waals surface area (Å²) in [5, 5.41) is 10.8. The zero-order valence-electron chi connectivity index (χ0n) is 11.7. The van der Waals surface area contributed by atoms with E-state index in [9.17, 15) is 5.11 Å². The average molecular weight is 285 g/mol. The monoisotopic (exact) mass is 285 g/mol. The van der Waals surface area contributed by atoms with Crippen molar-refractivity contribution >= 4 is 11.8 Å². The molecule has 104 valence electrons. The maximum absolute atomic E-state index is 9.80. The van der Waals surface area contributed by atoms with E-state index in [2.05, 4.69) is 36.2 Å². The summed E-state index contributed by atoms with van der Waals surface area (Å²) in [6.07, 6.45) is 4.62. The second-order valence-corrected chi connectivity index (χ2v) is 6.31. The molecule has 1 aliphatic carbocycles. The van der Waals surface area contributed by atoms with Gasteiger partial charge in [-0.2, -0.15) is 0 Å². The number of hydrogen-bond acceptors (Lipinski definition) is 3. The van der Waals surface area contributed by atoms with E-state index < -0.39 is 0 Å². The molecule has 0 spiro atoms. The van der Waals surface area contributed by atoms with Crippen LogP contribution in [0.25, 0.3) is 0 Å². The Hall–Kier alpha value is -1.48. The number of aromatic hydroxyl groups is 1. The molecule has 0 aliphatic heterocycles. The predicted octanol–water partition coefficient (Wildman–Crippen LogP) is 4.27. The van der Waals surface area contributed by atoms with Crippen molar-refractivity contribution in [1.82, 2.24) is 4.98 Å². The summed E-state index contributed by atoms with van der Waals surface area (Å²) < 4.78 is 0. The molecule has 0 bridgehead atoms. The van der Waals surface area contributed by atoms with E-state index in [-0.39, 0.29) is 5.88 Å². The zero-order valence-corrected chi connectivity index (χ0v) is 12.5. The molecule has 1 aromatic carbocycles. The lowest BCUT2D eigenvalue weighted by Gasteiger charge is -2.18. The van der Waals surface area contributed by atoms with Crippen LogP contribution in [0.2, 0.25) is 0 Å². The van der Waals surface area contributed by atoms with Crippen LogP contribution < -0.4 is 0 Å². The van der Waals surface area contributed by atoms with E-state index in [0.717, 1.165) is 23.6 Å². The SMILES string of the molecule is Cc1ccccc1CSc1nc(O)cc2c1CCCC2. The smallest absolute Gasteiger partial charge is 0.212 e. The quantitative estimate of drug-likeness (QED) is 0.855. The molecule has 3 rings (SSSR count). The molecule has 0 saturated carbocycles. The van der Waals surface area contributed by atoms with Crippen molar-refractivity contribution in [3.63, 3.8) is 0 Å². The van der Waals surface area contributed by atoms with Gasteiger partial charge in [-0.1, -0.05) is 24.3 Å². The Morgan fingerprint density at radius 1 is 1.20 bits per heavy atom. The fraction of sp³-hybridized carbons (Fsp3) is 0.353. The number of aromatic nitrogens is 1. The van der Waals surface area contributed by atoms with Gasteiger partial charge in [0.2, 0.25) is 5.88 Å². The molecular weight excluding hydrogens is 266 g/mol. The first-order chi connectivity index (χ1) is 9.74. The van der Waals surface area contributed by atoms with Crippen LogP contribution in [0.15, 0.2) is 35.4 Å². The summed E-state index contributed by atoms with van der Waals surface area (Å²) in [4.78, 5) is 4.35. The lowest BCUT2D eigenvalue weighted by Crippen LogP contribution is -2.05. The van der Waals surface area contributed by atoms with Crippen LogP contribution in [-0.4, -0.2) is 10.1 Å². The van der Waals surface area contributed by atoms with Gasteiger partial charge in [-0.3, -0.25) is 0 Å². The first-order valence-electron chi connectivity index (χ1n) is 7.13. The highest BCUT2D eigenvalue weighted by Gasteiger charge is 2.16. The van der Waals surface area contributed by atoms with Gasteiger partial charge in [0, 0.05) is 11.8 Å². The van der Waals surface area contributed by atoms with Gasteiger partial charge in [0.05, 0.1) is 0 Å². The number of rotatable bonds is 3. The van der Waals surface area contributed by atoms with Gasteiger partial charge in [0.25, 0.3) is 0 Å². The van der Waals surface area contributed by atoms with Gasteiger partial charge in [0.15, 0.2) is 0 Å². The summed E-state index contributed by atoms with van der Waals surface area (Å²) in [6.45, 7) is 2.14. The van der Waals surface area contributed by atoms with Gasteiger partial charge in [-0.25, -0.2) is 4.98 Å². The Labute approximate surface area is 124 Å². The maximum atomic E-state index is 9.80. The highest BCUT2D eigenvalue weighted by atomic mass is 32.2. The third-order valence-corrected chi connectivity index (χ3v) is 4.98. The lowest BCUT2D eigenvalue weighted by atomic mass is 9.93. The van der Waals surface area contributed by atoms with Crippen molar-refractivity contribution in [2.45, 2.75) is 43.4 Å². The number of benzene rings is 1. The summed E-state index contributed by atoms with van der Waals surface area (Å²) >= 11 is 1.75. The van der Waals surface area contributed by atoms with Crippen LogP contribution in [0, 0.1) is 6.92 Å². The minimum absolute atomic E-state index is 0.165. The van der Waals surface area contributed by atoms with Crippen LogP contribution in [-0.2, 0) is 18.6 Å². The van der Waals surface area contributed by atoms with Gasteiger partial charge in [-0.05, 0) is 54.9 Å². The first-order valence-corrected chi connectivity index (χ1v) is 8.11. The van der Waals surface area contributed by atoms with Crippen molar-refractivity contribution in [3.05, 3.63) is 52.6 Å². The second kappa shape index (κ2) is 5.88. The number of hydrogen-bond donors (Lipinski definition) is 1. The molecule has 0 saturated heterocycles. The molecule has 20 heavy (non-hydrogen) atoms. The third kappa shape index (κ3) is 2.83. The van der Waals surface area contributed by atoms with E-state index in [0.29, 0.717) is 0 Å². The van der Waals surface area contributed by atoms with Gasteiger partial charge in [-0.15, -0.1) is 11.8 Å². The molecule has 3 heteroatoms. The van der Waals surface area contributed by atoms with Crippen LogP contribution in [0.1, 0.15) is 35.1 Å². The zero-order chi connectivity index (χ0) is 13.9. The molecule has 0 unspecified atom stereocenters. The Morgan fingerprint density at radius 2 is 2.00 bits per heavy atom. The summed E-state index contributed by atoms with van der Waals surface area (Å²) in [5.41, 5.74) is 5.30. The van der Waals surface area contributed by atoms with Crippen molar-refractivity contribution in [3.8, 4) is 5.88 Å². The van der Waals surface area contributed by atoms with Crippen LogP contribution in [0.3, 0.4) is 0 Å². The number of thioether (sulfide) groups is 1. The van der Waals surface area contributed by atoms with Crippen LogP contribution >= 0.6 is 11.8 Å². The number of aryl methyl sites for hydroxylation is 2. The van der Waals surface area contributed by atoms with Crippen molar-refractivity contribution in [2.75, 3.05) is 0 Å². The van der Waals surface area contributed by atoms with Gasteiger partial charge >= 0.3 is 0 Å². The van der Waals surface area contributed by atoms with E-state index in [1.165, 1.54) is 35.1 Å². The number of fused-ring (bicyclic) bond motifs is 1. The number of pyridine rings is 1. The summed E-state index contributed by atoms with van der Waals surface area (Å²) in [5.74, 6) is 1.08.